The Morgan fingerprint density at radius 1 is 0.368 bits per heavy atom. The lowest BCUT2D eigenvalue weighted by Crippen LogP contribution is -2.10. The fraction of sp³-hybridized carbons (Fsp3) is 0. The molecule has 0 unspecified atom stereocenters. The molecule has 11 aromatic rings. The lowest BCUT2D eigenvalue weighted by atomic mass is 9.97. The highest BCUT2D eigenvalue weighted by molar-refractivity contribution is 6.16. The van der Waals surface area contributed by atoms with Crippen LogP contribution < -0.4 is 4.90 Å². The SMILES string of the molecule is c1ccc(-c2ccc(N(c3ccc(-c4c5oc(-c6ccccc6)nc5cc5c4oc4ccccc45)cc3)c3cccc(-c4cccc5ccccc45)c3)cc2)cc1. The normalized spacial score (nSPS) is 11.5. The van der Waals surface area contributed by atoms with Crippen LogP contribution in [-0.4, -0.2) is 4.98 Å². The molecule has 0 spiro atoms. The van der Waals surface area contributed by atoms with E-state index in [2.05, 4.69) is 163 Å². The predicted molar refractivity (Wildman–Crippen MR) is 235 cm³/mol. The zero-order chi connectivity index (χ0) is 37.7. The number of rotatable bonds is 7. The van der Waals surface area contributed by atoms with Gasteiger partial charge in [0.15, 0.2) is 5.58 Å². The van der Waals surface area contributed by atoms with E-state index >= 15 is 0 Å². The zero-order valence-corrected chi connectivity index (χ0v) is 30.8. The fourth-order valence-electron chi connectivity index (χ4n) is 8.16. The Morgan fingerprint density at radius 3 is 1.74 bits per heavy atom. The average Bonchev–Trinajstić information content (AvgIpc) is 3.88. The molecule has 0 N–H and O–H groups in total. The minimum atomic E-state index is 0.580. The van der Waals surface area contributed by atoms with Gasteiger partial charge in [0.25, 0.3) is 0 Å². The van der Waals surface area contributed by atoms with Crippen LogP contribution in [0, 0.1) is 0 Å². The van der Waals surface area contributed by atoms with E-state index < -0.39 is 0 Å². The summed E-state index contributed by atoms with van der Waals surface area (Å²) in [6, 6.07) is 72.3. The Morgan fingerprint density at radius 2 is 0.965 bits per heavy atom. The van der Waals surface area contributed by atoms with E-state index in [4.69, 9.17) is 13.8 Å². The van der Waals surface area contributed by atoms with Gasteiger partial charge >= 0.3 is 0 Å². The van der Waals surface area contributed by atoms with Gasteiger partial charge in [0, 0.05) is 33.4 Å². The van der Waals surface area contributed by atoms with Gasteiger partial charge in [0.1, 0.15) is 16.7 Å². The summed E-state index contributed by atoms with van der Waals surface area (Å²) in [5.41, 5.74) is 13.8. The van der Waals surface area contributed by atoms with Gasteiger partial charge < -0.3 is 13.7 Å². The second-order valence-electron chi connectivity index (χ2n) is 14.3. The number of nitrogens with zero attached hydrogens (tertiary/aromatic N) is 2. The summed E-state index contributed by atoms with van der Waals surface area (Å²) >= 11 is 0. The van der Waals surface area contributed by atoms with Crippen molar-refractivity contribution in [1.82, 2.24) is 4.98 Å². The lowest BCUT2D eigenvalue weighted by molar-refractivity contribution is 0.619. The summed E-state index contributed by atoms with van der Waals surface area (Å²) in [4.78, 5) is 7.32. The molecule has 0 radical (unpaired) electrons. The number of hydrogen-bond acceptors (Lipinski definition) is 4. The molecule has 0 saturated heterocycles. The highest BCUT2D eigenvalue weighted by Gasteiger charge is 2.22. The van der Waals surface area contributed by atoms with Crippen LogP contribution in [0.15, 0.2) is 215 Å². The molecule has 0 aliphatic heterocycles. The van der Waals surface area contributed by atoms with Crippen molar-refractivity contribution in [3.05, 3.63) is 206 Å². The van der Waals surface area contributed by atoms with Crippen molar-refractivity contribution in [2.45, 2.75) is 0 Å². The van der Waals surface area contributed by atoms with Crippen molar-refractivity contribution in [2.75, 3.05) is 4.90 Å². The summed E-state index contributed by atoms with van der Waals surface area (Å²) in [6.07, 6.45) is 0. The molecule has 9 aromatic carbocycles. The highest BCUT2D eigenvalue weighted by Crippen LogP contribution is 2.44. The first-order valence-corrected chi connectivity index (χ1v) is 19.2. The Hall–Kier alpha value is -7.69. The van der Waals surface area contributed by atoms with E-state index in [1.54, 1.807) is 0 Å². The Kier molecular flexibility index (Phi) is 7.78. The second-order valence-corrected chi connectivity index (χ2v) is 14.3. The highest BCUT2D eigenvalue weighted by atomic mass is 16.4. The van der Waals surface area contributed by atoms with Crippen LogP contribution in [0.2, 0.25) is 0 Å². The van der Waals surface area contributed by atoms with Gasteiger partial charge in [-0.05, 0) is 99.3 Å². The number of anilines is 3. The summed E-state index contributed by atoms with van der Waals surface area (Å²) in [5.74, 6) is 0.580. The van der Waals surface area contributed by atoms with Crippen LogP contribution in [0.5, 0.6) is 0 Å². The number of hydrogen-bond donors (Lipinski definition) is 0. The Balaban J connectivity index is 1.07. The van der Waals surface area contributed by atoms with Crippen molar-refractivity contribution >= 4 is 60.9 Å². The average molecular weight is 731 g/mol. The van der Waals surface area contributed by atoms with Crippen LogP contribution in [0.4, 0.5) is 17.1 Å². The number of oxazole rings is 1. The van der Waals surface area contributed by atoms with Gasteiger partial charge in [-0.3, -0.25) is 0 Å². The van der Waals surface area contributed by atoms with E-state index in [0.717, 1.165) is 66.8 Å². The smallest absolute Gasteiger partial charge is 0.227 e. The number of furan rings is 1. The minimum Gasteiger partial charge on any atom is -0.455 e. The molecule has 11 rings (SSSR count). The second kappa shape index (κ2) is 13.6. The topological polar surface area (TPSA) is 42.4 Å². The first kappa shape index (κ1) is 32.7. The van der Waals surface area contributed by atoms with Gasteiger partial charge in [0.2, 0.25) is 5.89 Å². The van der Waals surface area contributed by atoms with Crippen LogP contribution in [0.25, 0.3) is 88.6 Å². The first-order chi connectivity index (χ1) is 28.2. The van der Waals surface area contributed by atoms with Crippen molar-refractivity contribution in [2.24, 2.45) is 0 Å². The first-order valence-electron chi connectivity index (χ1n) is 19.2. The lowest BCUT2D eigenvalue weighted by Gasteiger charge is -2.26. The Bertz CT molecular complexity index is 3210. The van der Waals surface area contributed by atoms with Gasteiger partial charge in [-0.2, -0.15) is 0 Å². The molecular formula is C53H34N2O2. The quantitative estimate of drug-likeness (QED) is 0.164. The molecule has 0 amide bonds. The fourth-order valence-corrected chi connectivity index (χ4v) is 8.16. The maximum absolute atomic E-state index is 6.61. The molecule has 0 atom stereocenters. The molecule has 0 aliphatic carbocycles. The number of fused-ring (bicyclic) bond motifs is 5. The van der Waals surface area contributed by atoms with Crippen LogP contribution >= 0.6 is 0 Å². The summed E-state index contributed by atoms with van der Waals surface area (Å²) in [6.45, 7) is 0. The number of aromatic nitrogens is 1. The molecule has 4 heteroatoms. The Labute approximate surface area is 329 Å². The maximum Gasteiger partial charge on any atom is 0.227 e. The molecular weight excluding hydrogens is 697 g/mol. The number of para-hydroxylation sites is 1. The molecule has 0 fully saturated rings. The summed E-state index contributed by atoms with van der Waals surface area (Å²) in [5, 5.41) is 4.51. The van der Waals surface area contributed by atoms with E-state index in [-0.39, 0.29) is 0 Å². The van der Waals surface area contributed by atoms with Gasteiger partial charge in [-0.1, -0.05) is 146 Å². The van der Waals surface area contributed by atoms with E-state index in [9.17, 15) is 0 Å². The van der Waals surface area contributed by atoms with Gasteiger partial charge in [-0.25, -0.2) is 4.98 Å². The summed E-state index contributed by atoms with van der Waals surface area (Å²) in [7, 11) is 0. The summed E-state index contributed by atoms with van der Waals surface area (Å²) < 4.78 is 13.2. The third-order valence-corrected chi connectivity index (χ3v) is 10.9. The van der Waals surface area contributed by atoms with Gasteiger partial charge in [-0.15, -0.1) is 0 Å². The molecule has 0 saturated carbocycles. The molecule has 0 bridgehead atoms. The molecule has 268 valence electrons. The van der Waals surface area contributed by atoms with Crippen molar-refractivity contribution < 1.29 is 8.83 Å². The molecule has 0 aliphatic rings. The third kappa shape index (κ3) is 5.74. The molecule has 2 heterocycles. The van der Waals surface area contributed by atoms with Crippen molar-refractivity contribution in [1.29, 1.82) is 0 Å². The van der Waals surface area contributed by atoms with Crippen LogP contribution in [-0.2, 0) is 0 Å². The van der Waals surface area contributed by atoms with E-state index in [1.807, 2.05) is 48.5 Å². The van der Waals surface area contributed by atoms with E-state index in [0.29, 0.717) is 11.5 Å². The standard InChI is InChI=1S/C53H34N2O2/c1-3-13-35(14-4-1)36-25-29-41(30-26-36)55(43-20-11-19-40(33-43)45-23-12-18-37-15-7-8-21-44(37)45)42-31-27-38(28-32-42)50-51-47(46-22-9-10-24-49(46)56-51)34-48-52(50)57-53(54-48)39-16-5-2-6-17-39/h1-34H. The van der Waals surface area contributed by atoms with Crippen LogP contribution in [0.1, 0.15) is 0 Å². The zero-order valence-electron chi connectivity index (χ0n) is 30.8. The number of benzene rings is 9. The van der Waals surface area contributed by atoms with E-state index in [1.165, 1.54) is 27.5 Å². The van der Waals surface area contributed by atoms with Crippen molar-refractivity contribution in [3.8, 4) is 44.8 Å². The minimum absolute atomic E-state index is 0.580. The largest absolute Gasteiger partial charge is 0.455 e. The van der Waals surface area contributed by atoms with Gasteiger partial charge in [0.05, 0.1) is 5.56 Å². The maximum atomic E-state index is 6.61. The molecule has 4 nitrogen and oxygen atoms in total. The monoisotopic (exact) mass is 730 g/mol. The molecule has 57 heavy (non-hydrogen) atoms. The predicted octanol–water partition coefficient (Wildman–Crippen LogP) is 15.0. The van der Waals surface area contributed by atoms with Crippen molar-refractivity contribution in [3.63, 3.8) is 0 Å². The van der Waals surface area contributed by atoms with Crippen LogP contribution in [0.3, 0.4) is 0 Å². The molecule has 2 aromatic heterocycles. The third-order valence-electron chi connectivity index (χ3n) is 10.9.